The standard InChI is InChI=1S/C16H14ClF4N3O3S/c1-3-11(7(2)25)28-12-5-10(9(18)4-8(12)17)23-14(26)6-13(16(19,20)21)24(22)15(23)27/h4-6,11H,3,22H2,1-2H3. The van der Waals surface area contributed by atoms with E-state index in [9.17, 15) is 31.9 Å². The molecule has 0 fully saturated rings. The van der Waals surface area contributed by atoms with Gasteiger partial charge >= 0.3 is 11.9 Å². The number of Topliss-reactive ketones (excluding diaryl/α,β-unsaturated/α-hetero) is 1. The van der Waals surface area contributed by atoms with E-state index in [0.717, 1.165) is 23.9 Å². The van der Waals surface area contributed by atoms with Crippen molar-refractivity contribution in [3.8, 4) is 5.69 Å². The fourth-order valence-corrected chi connectivity index (χ4v) is 3.66. The van der Waals surface area contributed by atoms with Gasteiger partial charge in [0.15, 0.2) is 5.69 Å². The van der Waals surface area contributed by atoms with Crippen LogP contribution in [0.15, 0.2) is 32.7 Å². The summed E-state index contributed by atoms with van der Waals surface area (Å²) in [5, 5.41) is -0.606. The number of carbonyl (C=O) groups is 1. The highest BCUT2D eigenvalue weighted by atomic mass is 35.5. The summed E-state index contributed by atoms with van der Waals surface area (Å²) in [6, 6.07) is 1.91. The number of nitrogens with zero attached hydrogens (tertiary/aromatic N) is 2. The van der Waals surface area contributed by atoms with Crippen molar-refractivity contribution in [3.05, 3.63) is 55.6 Å². The number of halogens is 5. The molecule has 0 saturated carbocycles. The zero-order valence-electron chi connectivity index (χ0n) is 14.5. The first-order valence-electron chi connectivity index (χ1n) is 7.76. The molecule has 152 valence electrons. The highest BCUT2D eigenvalue weighted by Crippen LogP contribution is 2.35. The number of rotatable bonds is 5. The van der Waals surface area contributed by atoms with Crippen molar-refractivity contribution in [2.45, 2.75) is 36.6 Å². The molecule has 1 atom stereocenters. The Hall–Kier alpha value is -2.27. The normalized spacial score (nSPS) is 12.8. The van der Waals surface area contributed by atoms with Crippen molar-refractivity contribution >= 4 is 29.1 Å². The van der Waals surface area contributed by atoms with Crippen molar-refractivity contribution in [3.63, 3.8) is 0 Å². The first-order valence-corrected chi connectivity index (χ1v) is 9.02. The maximum absolute atomic E-state index is 14.4. The molecule has 0 aliphatic rings. The Morgan fingerprint density at radius 2 is 1.89 bits per heavy atom. The van der Waals surface area contributed by atoms with E-state index in [1.807, 2.05) is 0 Å². The number of hydrogen-bond donors (Lipinski definition) is 1. The highest BCUT2D eigenvalue weighted by Gasteiger charge is 2.36. The summed E-state index contributed by atoms with van der Waals surface area (Å²) < 4.78 is 52.9. The molecule has 0 aliphatic carbocycles. The molecule has 2 aromatic rings. The monoisotopic (exact) mass is 439 g/mol. The molecule has 0 radical (unpaired) electrons. The van der Waals surface area contributed by atoms with Gasteiger partial charge in [-0.15, -0.1) is 11.8 Å². The summed E-state index contributed by atoms with van der Waals surface area (Å²) in [4.78, 5) is 36.2. The lowest BCUT2D eigenvalue weighted by atomic mass is 10.2. The molecule has 0 bridgehead atoms. The van der Waals surface area contributed by atoms with Gasteiger partial charge in [0.1, 0.15) is 11.6 Å². The largest absolute Gasteiger partial charge is 0.433 e. The molecule has 0 spiro atoms. The van der Waals surface area contributed by atoms with Gasteiger partial charge in [0.05, 0.1) is 16.0 Å². The van der Waals surface area contributed by atoms with Crippen LogP contribution in [0.3, 0.4) is 0 Å². The maximum atomic E-state index is 14.4. The number of nitrogen functional groups attached to an aromatic ring is 1. The third-order valence-corrected chi connectivity index (χ3v) is 5.73. The third kappa shape index (κ3) is 4.25. The average molecular weight is 440 g/mol. The second-order valence-corrected chi connectivity index (χ2v) is 7.36. The van der Waals surface area contributed by atoms with Crippen molar-refractivity contribution < 1.29 is 22.4 Å². The summed E-state index contributed by atoms with van der Waals surface area (Å²) in [6.45, 7) is 3.10. The van der Waals surface area contributed by atoms with Crippen molar-refractivity contribution in [2.24, 2.45) is 0 Å². The Balaban J connectivity index is 2.71. The van der Waals surface area contributed by atoms with Crippen LogP contribution in [0.4, 0.5) is 17.6 Å². The number of carbonyl (C=O) groups excluding carboxylic acids is 1. The SMILES string of the molecule is CCC(Sc1cc(-n2c(=O)cc(C(F)(F)F)n(N)c2=O)c(F)cc1Cl)C(C)=O. The quantitative estimate of drug-likeness (QED) is 0.439. The van der Waals surface area contributed by atoms with Crippen LogP contribution in [0.5, 0.6) is 0 Å². The lowest BCUT2D eigenvalue weighted by Crippen LogP contribution is -2.45. The number of nitrogens with two attached hydrogens (primary N) is 1. The van der Waals surface area contributed by atoms with Crippen LogP contribution >= 0.6 is 23.4 Å². The summed E-state index contributed by atoms with van der Waals surface area (Å²) in [5.41, 5.74) is -5.32. The fraction of sp³-hybridized carbons (Fsp3) is 0.312. The second-order valence-electron chi connectivity index (χ2n) is 5.71. The summed E-state index contributed by atoms with van der Waals surface area (Å²) >= 11 is 6.95. The van der Waals surface area contributed by atoms with Gasteiger partial charge in [-0.3, -0.25) is 9.59 Å². The molecule has 12 heteroatoms. The van der Waals surface area contributed by atoms with Gasteiger partial charge in [0, 0.05) is 11.0 Å². The maximum Gasteiger partial charge on any atom is 0.433 e. The molecular weight excluding hydrogens is 426 g/mol. The zero-order chi connectivity index (χ0) is 21.4. The van der Waals surface area contributed by atoms with E-state index < -0.39 is 39.9 Å². The van der Waals surface area contributed by atoms with E-state index >= 15 is 0 Å². The van der Waals surface area contributed by atoms with E-state index in [0.29, 0.717) is 6.42 Å². The Morgan fingerprint density at radius 1 is 1.29 bits per heavy atom. The zero-order valence-corrected chi connectivity index (χ0v) is 16.1. The lowest BCUT2D eigenvalue weighted by Gasteiger charge is -2.16. The molecule has 1 heterocycles. The van der Waals surface area contributed by atoms with Gasteiger partial charge in [0.2, 0.25) is 0 Å². The molecule has 1 unspecified atom stereocenters. The van der Waals surface area contributed by atoms with Crippen molar-refractivity contribution in [1.82, 2.24) is 9.24 Å². The smallest absolute Gasteiger partial charge is 0.335 e. The second kappa shape index (κ2) is 8.00. The first-order chi connectivity index (χ1) is 12.9. The van der Waals surface area contributed by atoms with Crippen LogP contribution in [0.2, 0.25) is 5.02 Å². The summed E-state index contributed by atoms with van der Waals surface area (Å²) in [6.07, 6.45) is -4.62. The Kier molecular flexibility index (Phi) is 6.29. The minimum atomic E-state index is -5.05. The van der Waals surface area contributed by atoms with Gasteiger partial charge in [-0.25, -0.2) is 18.4 Å². The summed E-state index contributed by atoms with van der Waals surface area (Å²) in [7, 11) is 0. The summed E-state index contributed by atoms with van der Waals surface area (Å²) in [5.74, 6) is 3.87. The van der Waals surface area contributed by atoms with Crippen LogP contribution < -0.4 is 17.1 Å². The number of thioether (sulfide) groups is 1. The number of alkyl halides is 3. The van der Waals surface area contributed by atoms with E-state index in [-0.39, 0.29) is 31.0 Å². The fourth-order valence-electron chi connectivity index (χ4n) is 2.38. The van der Waals surface area contributed by atoms with Crippen LogP contribution in [0, 0.1) is 5.82 Å². The van der Waals surface area contributed by atoms with E-state index in [1.165, 1.54) is 6.92 Å². The van der Waals surface area contributed by atoms with Gasteiger partial charge in [-0.1, -0.05) is 18.5 Å². The van der Waals surface area contributed by atoms with E-state index in [4.69, 9.17) is 17.4 Å². The molecule has 0 saturated heterocycles. The molecule has 0 aliphatic heterocycles. The van der Waals surface area contributed by atoms with Gasteiger partial charge in [-0.05, 0) is 25.5 Å². The Bertz CT molecular complexity index is 1050. The molecule has 28 heavy (non-hydrogen) atoms. The van der Waals surface area contributed by atoms with Crippen LogP contribution in [-0.4, -0.2) is 20.3 Å². The molecule has 1 aromatic carbocycles. The highest BCUT2D eigenvalue weighted by molar-refractivity contribution is 8.00. The van der Waals surface area contributed by atoms with Crippen LogP contribution in [0.25, 0.3) is 5.69 Å². The minimum absolute atomic E-state index is 0.0843. The average Bonchev–Trinajstić information content (AvgIpc) is 2.57. The first kappa shape index (κ1) is 22.0. The van der Waals surface area contributed by atoms with E-state index in [2.05, 4.69) is 0 Å². The minimum Gasteiger partial charge on any atom is -0.335 e. The molecule has 6 nitrogen and oxygen atoms in total. The van der Waals surface area contributed by atoms with Crippen LogP contribution in [-0.2, 0) is 11.0 Å². The number of aromatic nitrogens is 2. The predicted octanol–water partition coefficient (Wildman–Crippen LogP) is 2.98. The number of hydrogen-bond acceptors (Lipinski definition) is 5. The number of ketones is 1. The molecule has 2 rings (SSSR count). The van der Waals surface area contributed by atoms with Crippen molar-refractivity contribution in [2.75, 3.05) is 5.84 Å². The topological polar surface area (TPSA) is 87.1 Å². The predicted molar refractivity (Wildman–Crippen MR) is 97.0 cm³/mol. The molecule has 2 N–H and O–H groups in total. The Morgan fingerprint density at radius 3 is 2.39 bits per heavy atom. The lowest BCUT2D eigenvalue weighted by molar-refractivity contribution is -0.143. The van der Waals surface area contributed by atoms with Gasteiger partial charge in [-0.2, -0.15) is 13.2 Å². The Labute approximate surface area is 164 Å². The van der Waals surface area contributed by atoms with E-state index in [1.54, 1.807) is 6.92 Å². The molecule has 0 amide bonds. The molecular formula is C16H14ClF4N3O3S. The van der Waals surface area contributed by atoms with Crippen LogP contribution in [0.1, 0.15) is 26.0 Å². The number of benzene rings is 1. The van der Waals surface area contributed by atoms with Crippen molar-refractivity contribution in [1.29, 1.82) is 0 Å². The van der Waals surface area contributed by atoms with Gasteiger partial charge < -0.3 is 5.84 Å². The third-order valence-electron chi connectivity index (χ3n) is 3.76. The van der Waals surface area contributed by atoms with Gasteiger partial charge in [0.25, 0.3) is 5.56 Å². The molecule has 1 aromatic heterocycles.